The number of aromatic nitrogens is 3. The summed E-state index contributed by atoms with van der Waals surface area (Å²) in [5.74, 6) is 0.728. The fourth-order valence-electron chi connectivity index (χ4n) is 3.56. The first-order valence-corrected chi connectivity index (χ1v) is 11.4. The molecule has 0 radical (unpaired) electrons. The maximum atomic E-state index is 13.2. The number of rotatable bonds is 5. The molecule has 1 aliphatic carbocycles. The van der Waals surface area contributed by atoms with Crippen molar-refractivity contribution in [3.8, 4) is 22.4 Å². The number of pyridine rings is 3. The molecule has 0 bridgehead atoms. The third-order valence-electron chi connectivity index (χ3n) is 5.22. The lowest BCUT2D eigenvalue weighted by Gasteiger charge is -2.13. The van der Waals surface area contributed by atoms with Crippen molar-refractivity contribution in [2.75, 3.05) is 0 Å². The Hall–Kier alpha value is -2.63. The number of halogens is 1. The number of nitrogens with one attached hydrogen (secondary N) is 1. The van der Waals surface area contributed by atoms with Crippen molar-refractivity contribution in [3.63, 3.8) is 0 Å². The monoisotopic (exact) mass is 433 g/mol. The number of aryl methyl sites for hydroxylation is 1. The lowest BCUT2D eigenvalue weighted by molar-refractivity contribution is 1.20. The highest BCUT2D eigenvalue weighted by Crippen LogP contribution is 2.36. The largest absolute Gasteiger partial charge is 0.346 e. The van der Waals surface area contributed by atoms with Crippen LogP contribution in [0, 0.1) is 6.92 Å². The average Bonchev–Trinajstić information content (AvgIpc) is 3.57. The first-order chi connectivity index (χ1) is 14.6. The van der Waals surface area contributed by atoms with E-state index in [1.807, 2.05) is 73.4 Å². The predicted molar refractivity (Wildman–Crippen MR) is 125 cm³/mol. The number of benzene rings is 1. The Balaban J connectivity index is 1.72. The van der Waals surface area contributed by atoms with Gasteiger partial charge in [0, 0.05) is 39.6 Å². The van der Waals surface area contributed by atoms with Crippen LogP contribution in [0.25, 0.3) is 33.4 Å². The van der Waals surface area contributed by atoms with Crippen LogP contribution in [-0.2, 0) is 5.75 Å². The van der Waals surface area contributed by atoms with Crippen LogP contribution >= 0.6 is 23.4 Å². The Bertz CT molecular complexity index is 1280. The summed E-state index contributed by atoms with van der Waals surface area (Å²) >= 11 is 8.10. The number of nitrogens with zero attached hydrogens (tertiary/aromatic N) is 2. The molecule has 5 rings (SSSR count). The second-order valence-electron chi connectivity index (χ2n) is 7.62. The molecule has 30 heavy (non-hydrogen) atoms. The third-order valence-corrected chi connectivity index (χ3v) is 6.84. The predicted octanol–water partition coefficient (Wildman–Crippen LogP) is 6.01. The third kappa shape index (κ3) is 3.87. The number of aromatic amines is 1. The van der Waals surface area contributed by atoms with Crippen LogP contribution in [0.4, 0.5) is 0 Å². The van der Waals surface area contributed by atoms with Gasteiger partial charge in [0.1, 0.15) is 10.8 Å². The van der Waals surface area contributed by atoms with Gasteiger partial charge in [-0.2, -0.15) is 11.8 Å². The molecule has 1 aromatic carbocycles. The van der Waals surface area contributed by atoms with Crippen molar-refractivity contribution in [2.24, 2.45) is 0 Å². The van der Waals surface area contributed by atoms with Gasteiger partial charge in [-0.05, 0) is 43.5 Å². The van der Waals surface area contributed by atoms with Crippen LogP contribution in [0.5, 0.6) is 0 Å². The minimum Gasteiger partial charge on any atom is -0.346 e. The second kappa shape index (κ2) is 7.89. The van der Waals surface area contributed by atoms with Crippen molar-refractivity contribution >= 4 is 34.4 Å². The van der Waals surface area contributed by atoms with Crippen molar-refractivity contribution in [3.05, 3.63) is 81.4 Å². The van der Waals surface area contributed by atoms with Gasteiger partial charge in [0.05, 0.1) is 11.1 Å². The SMILES string of the molecule is Cc1cc(-c2cc3c(=O)c(CSC4CC4)c[nH]c3nc2-c2ccccc2)cc(Cl)n1. The number of thioether (sulfide) groups is 1. The maximum absolute atomic E-state index is 13.2. The van der Waals surface area contributed by atoms with Gasteiger partial charge in [-0.3, -0.25) is 4.79 Å². The van der Waals surface area contributed by atoms with E-state index in [2.05, 4.69) is 9.97 Å². The van der Waals surface area contributed by atoms with Crippen molar-refractivity contribution in [1.29, 1.82) is 0 Å². The fraction of sp³-hybridized carbons (Fsp3) is 0.208. The molecule has 1 saturated carbocycles. The van der Waals surface area contributed by atoms with Gasteiger partial charge in [0.2, 0.25) is 0 Å². The van der Waals surface area contributed by atoms with E-state index >= 15 is 0 Å². The molecule has 4 nitrogen and oxygen atoms in total. The highest BCUT2D eigenvalue weighted by atomic mass is 35.5. The molecule has 0 aliphatic heterocycles. The standard InChI is InChI=1S/C24H20ClN3OS/c1-14-9-16(10-21(25)27-14)19-11-20-23(29)17(13-30-18-7-8-18)12-26-24(20)28-22(19)15-5-3-2-4-6-15/h2-6,9-12,18H,7-8,13H2,1H3,(H,26,28,29). The molecule has 6 heteroatoms. The topological polar surface area (TPSA) is 58.6 Å². The lowest BCUT2D eigenvalue weighted by atomic mass is 9.98. The van der Waals surface area contributed by atoms with Crippen molar-refractivity contribution < 1.29 is 0 Å². The molecule has 0 amide bonds. The molecule has 4 aromatic rings. The van der Waals surface area contributed by atoms with Gasteiger partial charge >= 0.3 is 0 Å². The molecule has 0 spiro atoms. The summed E-state index contributed by atoms with van der Waals surface area (Å²) in [5, 5.41) is 1.73. The minimum atomic E-state index is 0.0436. The fourth-order valence-corrected chi connectivity index (χ4v) is 4.91. The van der Waals surface area contributed by atoms with Gasteiger partial charge in [-0.15, -0.1) is 0 Å². The number of fused-ring (bicyclic) bond motifs is 1. The molecule has 150 valence electrons. The van der Waals surface area contributed by atoms with Gasteiger partial charge in [-0.25, -0.2) is 9.97 Å². The number of hydrogen-bond acceptors (Lipinski definition) is 4. The summed E-state index contributed by atoms with van der Waals surface area (Å²) in [6, 6.07) is 15.7. The Morgan fingerprint density at radius 2 is 1.90 bits per heavy atom. The zero-order valence-electron chi connectivity index (χ0n) is 16.5. The zero-order chi connectivity index (χ0) is 20.7. The van der Waals surface area contributed by atoms with Gasteiger partial charge in [-0.1, -0.05) is 41.9 Å². The Morgan fingerprint density at radius 3 is 2.63 bits per heavy atom. The van der Waals surface area contributed by atoms with Crippen LogP contribution in [0.15, 0.2) is 59.5 Å². The first kappa shape index (κ1) is 19.3. The van der Waals surface area contributed by atoms with Gasteiger partial charge < -0.3 is 4.98 Å². The highest BCUT2D eigenvalue weighted by Gasteiger charge is 2.22. The molecule has 0 unspecified atom stereocenters. The molecule has 0 saturated heterocycles. The summed E-state index contributed by atoms with van der Waals surface area (Å²) in [7, 11) is 0. The van der Waals surface area contributed by atoms with Crippen LogP contribution in [0.1, 0.15) is 24.1 Å². The summed E-state index contributed by atoms with van der Waals surface area (Å²) in [6.07, 6.45) is 4.32. The molecule has 1 aliphatic rings. The molecule has 3 heterocycles. The molecule has 0 atom stereocenters. The van der Waals surface area contributed by atoms with Gasteiger partial charge in [0.25, 0.3) is 0 Å². The Morgan fingerprint density at radius 1 is 1.10 bits per heavy atom. The van der Waals surface area contributed by atoms with E-state index < -0.39 is 0 Å². The second-order valence-corrected chi connectivity index (χ2v) is 9.30. The molecule has 1 fully saturated rings. The molecular weight excluding hydrogens is 414 g/mol. The summed E-state index contributed by atoms with van der Waals surface area (Å²) in [6.45, 7) is 1.91. The molecule has 3 aromatic heterocycles. The van der Waals surface area contributed by atoms with E-state index in [0.717, 1.165) is 39.4 Å². The quantitative estimate of drug-likeness (QED) is 0.391. The molecular formula is C24H20ClN3OS. The van der Waals surface area contributed by atoms with Crippen LogP contribution in [-0.4, -0.2) is 20.2 Å². The summed E-state index contributed by atoms with van der Waals surface area (Å²) < 4.78 is 0. The maximum Gasteiger partial charge on any atom is 0.195 e. The van der Waals surface area contributed by atoms with Crippen molar-refractivity contribution in [1.82, 2.24) is 15.0 Å². The van der Waals surface area contributed by atoms with Crippen LogP contribution in [0.3, 0.4) is 0 Å². The van der Waals surface area contributed by atoms with Crippen LogP contribution < -0.4 is 5.43 Å². The van der Waals surface area contributed by atoms with E-state index in [1.165, 1.54) is 12.8 Å². The van der Waals surface area contributed by atoms with Gasteiger partial charge in [0.15, 0.2) is 5.43 Å². The smallest absolute Gasteiger partial charge is 0.195 e. The van der Waals surface area contributed by atoms with E-state index in [9.17, 15) is 4.79 Å². The van der Waals surface area contributed by atoms with E-state index in [0.29, 0.717) is 21.4 Å². The lowest BCUT2D eigenvalue weighted by Crippen LogP contribution is -2.11. The first-order valence-electron chi connectivity index (χ1n) is 9.95. The molecule has 1 N–H and O–H groups in total. The normalized spacial score (nSPS) is 13.7. The highest BCUT2D eigenvalue weighted by molar-refractivity contribution is 7.99. The number of H-pyrrole nitrogens is 1. The van der Waals surface area contributed by atoms with E-state index in [-0.39, 0.29) is 5.43 Å². The summed E-state index contributed by atoms with van der Waals surface area (Å²) in [4.78, 5) is 25.6. The van der Waals surface area contributed by atoms with Crippen molar-refractivity contribution in [2.45, 2.75) is 30.8 Å². The summed E-state index contributed by atoms with van der Waals surface area (Å²) in [5.41, 5.74) is 5.82. The Labute approximate surface area is 183 Å². The minimum absolute atomic E-state index is 0.0436. The van der Waals surface area contributed by atoms with E-state index in [4.69, 9.17) is 16.6 Å². The number of hydrogen-bond donors (Lipinski definition) is 1. The van der Waals surface area contributed by atoms with E-state index in [1.54, 1.807) is 0 Å². The average molecular weight is 434 g/mol. The van der Waals surface area contributed by atoms with Crippen LogP contribution in [0.2, 0.25) is 5.15 Å². The zero-order valence-corrected chi connectivity index (χ0v) is 18.1. The Kier molecular flexibility index (Phi) is 5.09.